The molecule has 1 saturated heterocycles. The number of non-ortho nitro benzene ring substituents is 1. The van der Waals surface area contributed by atoms with Crippen molar-refractivity contribution in [1.29, 1.82) is 0 Å². The Kier molecular flexibility index (Phi) is 4.66. The molecule has 1 amide bonds. The average Bonchev–Trinajstić information content (AvgIpc) is 2.47. The summed E-state index contributed by atoms with van der Waals surface area (Å²) in [6.07, 6.45) is 3.05. The molecule has 6 heteroatoms. The van der Waals surface area contributed by atoms with Gasteiger partial charge >= 0.3 is 0 Å². The van der Waals surface area contributed by atoms with Gasteiger partial charge in [0.1, 0.15) is 0 Å². The molecule has 114 valence electrons. The molecule has 2 rings (SSSR count). The van der Waals surface area contributed by atoms with Gasteiger partial charge in [0.25, 0.3) is 11.6 Å². The molecule has 1 fully saturated rings. The summed E-state index contributed by atoms with van der Waals surface area (Å²) in [5.74, 6) is -0.135. The molecule has 0 atom stereocenters. The Balaban J connectivity index is 2.18. The van der Waals surface area contributed by atoms with Crippen molar-refractivity contribution in [3.63, 3.8) is 0 Å². The molecule has 1 aliphatic rings. The number of carbonyl (C=O) groups is 1. The molecular formula is C15H19BrN2O3. The molecule has 0 radical (unpaired) electrons. The van der Waals surface area contributed by atoms with Crippen LogP contribution >= 0.6 is 15.9 Å². The number of amides is 1. The summed E-state index contributed by atoms with van der Waals surface area (Å²) in [5.41, 5.74) is 0.609. The van der Waals surface area contributed by atoms with Gasteiger partial charge in [-0.05, 0) is 40.3 Å². The van der Waals surface area contributed by atoms with Crippen LogP contribution in [0.1, 0.15) is 43.5 Å². The normalized spacial score (nSPS) is 17.6. The van der Waals surface area contributed by atoms with Crippen LogP contribution < -0.4 is 0 Å². The van der Waals surface area contributed by atoms with Crippen LogP contribution in [0, 0.1) is 15.5 Å². The molecule has 0 unspecified atom stereocenters. The predicted molar refractivity (Wildman–Crippen MR) is 84.3 cm³/mol. The maximum absolute atomic E-state index is 12.6. The van der Waals surface area contributed by atoms with E-state index in [1.54, 1.807) is 11.0 Å². The zero-order valence-corrected chi connectivity index (χ0v) is 13.9. The smallest absolute Gasteiger partial charge is 0.270 e. The lowest BCUT2D eigenvalue weighted by molar-refractivity contribution is -0.384. The minimum Gasteiger partial charge on any atom is -0.339 e. The van der Waals surface area contributed by atoms with E-state index in [0.717, 1.165) is 19.3 Å². The van der Waals surface area contributed by atoms with Crippen LogP contribution in [0.4, 0.5) is 5.69 Å². The summed E-state index contributed by atoms with van der Waals surface area (Å²) >= 11 is 3.31. The van der Waals surface area contributed by atoms with Gasteiger partial charge < -0.3 is 4.90 Å². The number of benzene rings is 1. The van der Waals surface area contributed by atoms with Gasteiger partial charge in [0, 0.05) is 29.7 Å². The first-order chi connectivity index (χ1) is 9.86. The Morgan fingerprint density at radius 3 is 2.57 bits per heavy atom. The maximum Gasteiger partial charge on any atom is 0.270 e. The van der Waals surface area contributed by atoms with E-state index >= 15 is 0 Å². The van der Waals surface area contributed by atoms with E-state index in [9.17, 15) is 14.9 Å². The van der Waals surface area contributed by atoms with Crippen LogP contribution in [0.2, 0.25) is 0 Å². The molecular weight excluding hydrogens is 336 g/mol. The Morgan fingerprint density at radius 1 is 1.43 bits per heavy atom. The molecule has 0 bridgehead atoms. The molecule has 0 saturated carbocycles. The molecule has 5 nitrogen and oxygen atoms in total. The highest BCUT2D eigenvalue weighted by Gasteiger charge is 2.31. The second kappa shape index (κ2) is 6.13. The number of nitro groups is 1. The Morgan fingerprint density at radius 2 is 2.05 bits per heavy atom. The number of halogens is 1. The third-order valence-electron chi connectivity index (χ3n) is 4.50. The van der Waals surface area contributed by atoms with Gasteiger partial charge in [0.05, 0.1) is 10.5 Å². The zero-order chi connectivity index (χ0) is 15.6. The standard InChI is InChI=1S/C15H19BrN2O3/c1-3-15(2)6-8-17(9-7-15)14(19)12-10-11(18(20)21)4-5-13(12)16/h4-5,10H,3,6-9H2,1-2H3. The van der Waals surface area contributed by atoms with Crippen molar-refractivity contribution < 1.29 is 9.72 Å². The summed E-state index contributed by atoms with van der Waals surface area (Å²) in [6.45, 7) is 5.84. The van der Waals surface area contributed by atoms with Gasteiger partial charge in [-0.15, -0.1) is 0 Å². The number of hydrogen-bond acceptors (Lipinski definition) is 3. The molecule has 1 aliphatic heterocycles. The van der Waals surface area contributed by atoms with E-state index in [1.807, 2.05) is 0 Å². The Bertz CT molecular complexity index is 566. The van der Waals surface area contributed by atoms with E-state index in [4.69, 9.17) is 0 Å². The van der Waals surface area contributed by atoms with Crippen molar-refractivity contribution in [3.8, 4) is 0 Å². The number of nitro benzene ring substituents is 1. The molecule has 1 heterocycles. The maximum atomic E-state index is 12.6. The number of rotatable bonds is 3. The second-order valence-electron chi connectivity index (χ2n) is 5.88. The van der Waals surface area contributed by atoms with Gasteiger partial charge in [0.2, 0.25) is 0 Å². The molecule has 0 aromatic heterocycles. The van der Waals surface area contributed by atoms with Gasteiger partial charge in [-0.3, -0.25) is 14.9 Å². The van der Waals surface area contributed by atoms with E-state index in [2.05, 4.69) is 29.8 Å². The van der Waals surface area contributed by atoms with Crippen LogP contribution in [-0.4, -0.2) is 28.8 Å². The topological polar surface area (TPSA) is 63.5 Å². The molecule has 0 spiro atoms. The highest BCUT2D eigenvalue weighted by Crippen LogP contribution is 2.35. The minimum atomic E-state index is -0.479. The number of carbonyl (C=O) groups excluding carboxylic acids is 1. The third kappa shape index (κ3) is 3.43. The fourth-order valence-corrected chi connectivity index (χ4v) is 2.98. The van der Waals surface area contributed by atoms with Crippen LogP contribution in [-0.2, 0) is 0 Å². The third-order valence-corrected chi connectivity index (χ3v) is 5.19. The summed E-state index contributed by atoms with van der Waals surface area (Å²) in [6, 6.07) is 4.30. The SMILES string of the molecule is CCC1(C)CCN(C(=O)c2cc([N+](=O)[O-])ccc2Br)CC1. The van der Waals surface area contributed by atoms with Crippen LogP contribution in [0.15, 0.2) is 22.7 Å². The van der Waals surface area contributed by atoms with Gasteiger partial charge in [-0.25, -0.2) is 0 Å². The fraction of sp³-hybridized carbons (Fsp3) is 0.533. The summed E-state index contributed by atoms with van der Waals surface area (Å²) in [5, 5.41) is 10.9. The van der Waals surface area contributed by atoms with Crippen molar-refractivity contribution >= 4 is 27.5 Å². The van der Waals surface area contributed by atoms with Crippen molar-refractivity contribution in [3.05, 3.63) is 38.3 Å². The Labute approximate surface area is 132 Å². The molecule has 1 aromatic rings. The fourth-order valence-electron chi connectivity index (χ4n) is 2.56. The van der Waals surface area contributed by atoms with Crippen LogP contribution in [0.25, 0.3) is 0 Å². The number of piperidine rings is 1. The largest absolute Gasteiger partial charge is 0.339 e. The molecule has 0 aliphatic carbocycles. The van der Waals surface area contributed by atoms with Gasteiger partial charge in [-0.2, -0.15) is 0 Å². The predicted octanol–water partition coefficient (Wildman–Crippen LogP) is 4.01. The lowest BCUT2D eigenvalue weighted by Gasteiger charge is -2.39. The van der Waals surface area contributed by atoms with Crippen LogP contribution in [0.5, 0.6) is 0 Å². The lowest BCUT2D eigenvalue weighted by Crippen LogP contribution is -2.42. The summed E-state index contributed by atoms with van der Waals surface area (Å²) in [7, 11) is 0. The van der Waals surface area contributed by atoms with Crippen molar-refractivity contribution in [2.24, 2.45) is 5.41 Å². The van der Waals surface area contributed by atoms with Crippen molar-refractivity contribution in [2.75, 3.05) is 13.1 Å². The minimum absolute atomic E-state index is 0.0584. The lowest BCUT2D eigenvalue weighted by atomic mass is 9.78. The van der Waals surface area contributed by atoms with Crippen molar-refractivity contribution in [2.45, 2.75) is 33.1 Å². The number of likely N-dealkylation sites (tertiary alicyclic amines) is 1. The Hall–Kier alpha value is -1.43. The number of nitrogens with zero attached hydrogens (tertiary/aromatic N) is 2. The number of hydrogen-bond donors (Lipinski definition) is 0. The average molecular weight is 355 g/mol. The quantitative estimate of drug-likeness (QED) is 0.608. The highest BCUT2D eigenvalue weighted by molar-refractivity contribution is 9.10. The molecule has 0 N–H and O–H groups in total. The van der Waals surface area contributed by atoms with E-state index in [0.29, 0.717) is 28.5 Å². The molecule has 1 aromatic carbocycles. The highest BCUT2D eigenvalue weighted by atomic mass is 79.9. The second-order valence-corrected chi connectivity index (χ2v) is 6.73. The first-order valence-corrected chi connectivity index (χ1v) is 7.89. The van der Waals surface area contributed by atoms with Crippen LogP contribution in [0.3, 0.4) is 0 Å². The first kappa shape index (κ1) is 15.9. The first-order valence-electron chi connectivity index (χ1n) is 7.09. The monoisotopic (exact) mass is 354 g/mol. The van der Waals surface area contributed by atoms with Crippen molar-refractivity contribution in [1.82, 2.24) is 4.90 Å². The summed E-state index contributed by atoms with van der Waals surface area (Å²) in [4.78, 5) is 24.7. The van der Waals surface area contributed by atoms with Gasteiger partial charge in [0.15, 0.2) is 0 Å². The molecule has 21 heavy (non-hydrogen) atoms. The van der Waals surface area contributed by atoms with E-state index in [-0.39, 0.29) is 11.6 Å². The summed E-state index contributed by atoms with van der Waals surface area (Å²) < 4.78 is 0.599. The zero-order valence-electron chi connectivity index (χ0n) is 12.3. The van der Waals surface area contributed by atoms with E-state index < -0.39 is 4.92 Å². The van der Waals surface area contributed by atoms with E-state index in [1.165, 1.54) is 12.1 Å². The van der Waals surface area contributed by atoms with Gasteiger partial charge in [-0.1, -0.05) is 20.3 Å².